The Morgan fingerprint density at radius 1 is 1.17 bits per heavy atom. The normalized spacial score (nSPS) is 15.3. The largest absolute Gasteiger partial charge is 0.389 e. The Morgan fingerprint density at radius 2 is 1.78 bits per heavy atom. The molecule has 3 heteroatoms. The Labute approximate surface area is 114 Å². The van der Waals surface area contributed by atoms with Gasteiger partial charge in [-0.25, -0.2) is 0 Å². The van der Waals surface area contributed by atoms with Crippen molar-refractivity contribution in [3.05, 3.63) is 0 Å². The average molecular weight is 258 g/mol. The van der Waals surface area contributed by atoms with Crippen LogP contribution in [-0.2, 0) is 0 Å². The van der Waals surface area contributed by atoms with E-state index in [0.717, 1.165) is 38.3 Å². The lowest BCUT2D eigenvalue weighted by molar-refractivity contribution is 0.0562. The maximum absolute atomic E-state index is 9.83. The zero-order valence-corrected chi connectivity index (χ0v) is 12.9. The predicted octanol–water partition coefficient (Wildman–Crippen LogP) is 2.62. The molecule has 0 bridgehead atoms. The van der Waals surface area contributed by atoms with E-state index in [1.807, 2.05) is 6.92 Å². The number of nitrogens with two attached hydrogens (primary N) is 1. The highest BCUT2D eigenvalue weighted by Crippen LogP contribution is 2.14. The van der Waals surface area contributed by atoms with Crippen molar-refractivity contribution in [2.24, 2.45) is 11.7 Å². The Kier molecular flexibility index (Phi) is 9.70. The molecule has 1 atom stereocenters. The van der Waals surface area contributed by atoms with E-state index in [1.54, 1.807) is 0 Å². The maximum Gasteiger partial charge on any atom is 0.0741 e. The van der Waals surface area contributed by atoms with Crippen LogP contribution in [0.15, 0.2) is 0 Å². The van der Waals surface area contributed by atoms with Crippen LogP contribution in [0, 0.1) is 5.92 Å². The standard InChI is InChI=1S/C15H34N2O/c1-5-14(6-2)12-17(7-3)11-9-8-10-15(4,18)13-16/h14,18H,5-13,16H2,1-4H3. The van der Waals surface area contributed by atoms with Crippen LogP contribution in [0.25, 0.3) is 0 Å². The van der Waals surface area contributed by atoms with E-state index in [0.29, 0.717) is 6.54 Å². The molecule has 18 heavy (non-hydrogen) atoms. The first-order valence-corrected chi connectivity index (χ1v) is 7.63. The third-order valence-corrected chi connectivity index (χ3v) is 4.00. The maximum atomic E-state index is 9.83. The molecule has 0 aliphatic rings. The minimum Gasteiger partial charge on any atom is -0.389 e. The zero-order valence-electron chi connectivity index (χ0n) is 12.9. The van der Waals surface area contributed by atoms with Gasteiger partial charge in [0.2, 0.25) is 0 Å². The second-order valence-corrected chi connectivity index (χ2v) is 5.73. The van der Waals surface area contributed by atoms with Crippen molar-refractivity contribution in [3.8, 4) is 0 Å². The summed E-state index contributed by atoms with van der Waals surface area (Å²) in [4.78, 5) is 2.54. The summed E-state index contributed by atoms with van der Waals surface area (Å²) in [5.74, 6) is 0.831. The summed E-state index contributed by atoms with van der Waals surface area (Å²) >= 11 is 0. The fourth-order valence-electron chi connectivity index (χ4n) is 2.23. The summed E-state index contributed by atoms with van der Waals surface area (Å²) in [7, 11) is 0. The number of hydrogen-bond acceptors (Lipinski definition) is 3. The first kappa shape index (κ1) is 17.9. The van der Waals surface area contributed by atoms with Crippen molar-refractivity contribution in [3.63, 3.8) is 0 Å². The minimum absolute atomic E-state index is 0.359. The van der Waals surface area contributed by atoms with Crippen molar-refractivity contribution in [1.82, 2.24) is 4.90 Å². The number of nitrogens with zero attached hydrogens (tertiary/aromatic N) is 1. The van der Waals surface area contributed by atoms with Crippen LogP contribution >= 0.6 is 0 Å². The number of aliphatic hydroxyl groups is 1. The van der Waals surface area contributed by atoms with Crippen LogP contribution in [0.3, 0.4) is 0 Å². The molecular weight excluding hydrogens is 224 g/mol. The van der Waals surface area contributed by atoms with Gasteiger partial charge in [0.1, 0.15) is 0 Å². The molecular formula is C15H34N2O. The molecule has 0 spiro atoms. The van der Waals surface area contributed by atoms with Gasteiger partial charge in [-0.2, -0.15) is 0 Å². The highest BCUT2D eigenvalue weighted by molar-refractivity contribution is 4.73. The first-order chi connectivity index (χ1) is 8.49. The van der Waals surface area contributed by atoms with Crippen LogP contribution in [0.5, 0.6) is 0 Å². The van der Waals surface area contributed by atoms with E-state index >= 15 is 0 Å². The van der Waals surface area contributed by atoms with Crippen LogP contribution in [0.2, 0.25) is 0 Å². The molecule has 0 aromatic heterocycles. The molecule has 0 aliphatic carbocycles. The monoisotopic (exact) mass is 258 g/mol. The molecule has 0 rings (SSSR count). The molecule has 0 fully saturated rings. The van der Waals surface area contributed by atoms with Crippen molar-refractivity contribution in [1.29, 1.82) is 0 Å². The van der Waals surface area contributed by atoms with E-state index < -0.39 is 5.60 Å². The molecule has 0 aromatic carbocycles. The summed E-state index contributed by atoms with van der Waals surface area (Å²) < 4.78 is 0. The predicted molar refractivity (Wildman–Crippen MR) is 79.7 cm³/mol. The Bertz CT molecular complexity index is 191. The van der Waals surface area contributed by atoms with Gasteiger partial charge in [-0.3, -0.25) is 0 Å². The fourth-order valence-corrected chi connectivity index (χ4v) is 2.23. The van der Waals surface area contributed by atoms with Gasteiger partial charge in [0.05, 0.1) is 5.60 Å². The van der Waals surface area contributed by atoms with Crippen molar-refractivity contribution in [2.45, 2.75) is 65.4 Å². The number of unbranched alkanes of at least 4 members (excludes halogenated alkanes) is 1. The van der Waals surface area contributed by atoms with Gasteiger partial charge < -0.3 is 15.7 Å². The Morgan fingerprint density at radius 3 is 2.22 bits per heavy atom. The van der Waals surface area contributed by atoms with Gasteiger partial charge in [0, 0.05) is 13.1 Å². The second-order valence-electron chi connectivity index (χ2n) is 5.73. The topological polar surface area (TPSA) is 49.5 Å². The molecule has 0 aliphatic heterocycles. The molecule has 3 nitrogen and oxygen atoms in total. The molecule has 0 amide bonds. The van der Waals surface area contributed by atoms with Gasteiger partial charge in [-0.1, -0.05) is 33.6 Å². The third kappa shape index (κ3) is 8.06. The molecule has 0 saturated carbocycles. The zero-order chi connectivity index (χ0) is 14.0. The average Bonchev–Trinajstić information content (AvgIpc) is 2.38. The van der Waals surface area contributed by atoms with Gasteiger partial charge in [-0.15, -0.1) is 0 Å². The number of rotatable bonds is 11. The van der Waals surface area contributed by atoms with Crippen LogP contribution in [0.1, 0.15) is 59.8 Å². The summed E-state index contributed by atoms with van der Waals surface area (Å²) in [6.45, 7) is 12.5. The highest BCUT2D eigenvalue weighted by atomic mass is 16.3. The van der Waals surface area contributed by atoms with Gasteiger partial charge in [-0.05, 0) is 45.2 Å². The smallest absolute Gasteiger partial charge is 0.0741 e. The molecule has 0 radical (unpaired) electrons. The summed E-state index contributed by atoms with van der Waals surface area (Å²) in [5, 5.41) is 9.83. The summed E-state index contributed by atoms with van der Waals surface area (Å²) in [5.41, 5.74) is 4.84. The van der Waals surface area contributed by atoms with Crippen LogP contribution in [0.4, 0.5) is 0 Å². The third-order valence-electron chi connectivity index (χ3n) is 4.00. The summed E-state index contributed by atoms with van der Waals surface area (Å²) in [6, 6.07) is 0. The lowest BCUT2D eigenvalue weighted by atomic mass is 9.99. The molecule has 1 unspecified atom stereocenters. The van der Waals surface area contributed by atoms with Crippen molar-refractivity contribution < 1.29 is 5.11 Å². The number of hydrogen-bond donors (Lipinski definition) is 2. The van der Waals surface area contributed by atoms with E-state index in [2.05, 4.69) is 25.7 Å². The van der Waals surface area contributed by atoms with Crippen molar-refractivity contribution in [2.75, 3.05) is 26.2 Å². The molecule has 110 valence electrons. The van der Waals surface area contributed by atoms with Crippen LogP contribution < -0.4 is 5.73 Å². The first-order valence-electron chi connectivity index (χ1n) is 7.63. The van der Waals surface area contributed by atoms with Gasteiger partial charge in [0.25, 0.3) is 0 Å². The molecule has 3 N–H and O–H groups in total. The van der Waals surface area contributed by atoms with Crippen molar-refractivity contribution >= 4 is 0 Å². The van der Waals surface area contributed by atoms with Gasteiger partial charge in [0.15, 0.2) is 0 Å². The highest BCUT2D eigenvalue weighted by Gasteiger charge is 2.17. The Hall–Kier alpha value is -0.120. The molecule has 0 saturated heterocycles. The molecule has 0 aromatic rings. The van der Waals surface area contributed by atoms with Crippen LogP contribution in [-0.4, -0.2) is 41.8 Å². The van der Waals surface area contributed by atoms with Gasteiger partial charge >= 0.3 is 0 Å². The van der Waals surface area contributed by atoms with E-state index in [-0.39, 0.29) is 0 Å². The molecule has 0 heterocycles. The fraction of sp³-hybridized carbons (Fsp3) is 1.00. The minimum atomic E-state index is -0.674. The Balaban J connectivity index is 3.80. The van der Waals surface area contributed by atoms with E-state index in [4.69, 9.17) is 5.73 Å². The quantitative estimate of drug-likeness (QED) is 0.560. The SMILES string of the molecule is CCC(CC)CN(CC)CCCCC(C)(O)CN. The second kappa shape index (κ2) is 9.76. The van der Waals surface area contributed by atoms with E-state index in [9.17, 15) is 5.11 Å². The lowest BCUT2D eigenvalue weighted by Gasteiger charge is -2.26. The van der Waals surface area contributed by atoms with E-state index in [1.165, 1.54) is 19.4 Å². The lowest BCUT2D eigenvalue weighted by Crippen LogP contribution is -2.34. The summed E-state index contributed by atoms with van der Waals surface area (Å²) in [6.07, 6.45) is 5.57.